The molecule has 0 aliphatic carbocycles. The number of ether oxygens (including phenoxy) is 1. The number of hydrogen-bond acceptors (Lipinski definition) is 4. The molecule has 0 saturated carbocycles. The van der Waals surface area contributed by atoms with E-state index < -0.39 is 11.8 Å². The van der Waals surface area contributed by atoms with Crippen molar-refractivity contribution < 1.29 is 19.0 Å². The highest BCUT2D eigenvalue weighted by Gasteiger charge is 2.14. The van der Waals surface area contributed by atoms with Gasteiger partial charge in [0.15, 0.2) is 0 Å². The zero-order valence-electron chi connectivity index (χ0n) is 8.80. The summed E-state index contributed by atoms with van der Waals surface area (Å²) in [6, 6.07) is 4.95. The van der Waals surface area contributed by atoms with Crippen molar-refractivity contribution in [2.45, 2.75) is 0 Å². The lowest BCUT2D eigenvalue weighted by molar-refractivity contribution is 0.0693. The van der Waals surface area contributed by atoms with Crippen LogP contribution >= 0.6 is 11.6 Å². The van der Waals surface area contributed by atoms with Crippen LogP contribution in [0.25, 0.3) is 0 Å². The number of benzene rings is 1. The molecule has 0 spiro atoms. The molecular weight excluding hydrogens is 263 g/mol. The van der Waals surface area contributed by atoms with Crippen LogP contribution in [0.5, 0.6) is 11.6 Å². The number of aromatic nitrogens is 2. The number of carboxylic acid groups (broad SMARTS) is 1. The van der Waals surface area contributed by atoms with Crippen LogP contribution in [0.1, 0.15) is 10.4 Å². The second kappa shape index (κ2) is 4.97. The minimum absolute atomic E-state index is 0.0556. The van der Waals surface area contributed by atoms with Crippen molar-refractivity contribution in [2.75, 3.05) is 0 Å². The molecule has 0 fully saturated rings. The second-order valence-corrected chi connectivity index (χ2v) is 3.64. The molecule has 18 heavy (non-hydrogen) atoms. The van der Waals surface area contributed by atoms with Gasteiger partial charge >= 0.3 is 5.97 Å². The molecule has 7 heteroatoms. The number of halogens is 2. The lowest BCUT2D eigenvalue weighted by atomic mass is 10.3. The quantitative estimate of drug-likeness (QED) is 0.927. The fourth-order valence-corrected chi connectivity index (χ4v) is 1.33. The van der Waals surface area contributed by atoms with Crippen LogP contribution in [0.2, 0.25) is 5.02 Å². The van der Waals surface area contributed by atoms with Crippen molar-refractivity contribution in [1.29, 1.82) is 0 Å². The molecule has 0 saturated heterocycles. The van der Waals surface area contributed by atoms with Crippen molar-refractivity contribution in [3.63, 3.8) is 0 Å². The van der Waals surface area contributed by atoms with Gasteiger partial charge in [0.05, 0.1) is 11.2 Å². The molecule has 1 aromatic carbocycles. The van der Waals surface area contributed by atoms with Crippen molar-refractivity contribution in [3.8, 4) is 11.6 Å². The van der Waals surface area contributed by atoms with Crippen molar-refractivity contribution in [3.05, 3.63) is 46.9 Å². The molecule has 0 aliphatic rings. The molecule has 2 aromatic rings. The van der Waals surface area contributed by atoms with E-state index in [1.165, 1.54) is 24.4 Å². The van der Waals surface area contributed by atoms with E-state index in [1.54, 1.807) is 0 Å². The van der Waals surface area contributed by atoms with Gasteiger partial charge in [-0.3, -0.25) is 0 Å². The summed E-state index contributed by atoms with van der Waals surface area (Å²) in [6.45, 7) is 0. The topological polar surface area (TPSA) is 72.3 Å². The van der Waals surface area contributed by atoms with Crippen molar-refractivity contribution in [1.82, 2.24) is 10.2 Å². The molecule has 0 aliphatic heterocycles. The smallest absolute Gasteiger partial charge is 0.341 e. The third-order valence-corrected chi connectivity index (χ3v) is 2.33. The summed E-state index contributed by atoms with van der Waals surface area (Å²) in [7, 11) is 0. The standard InChI is InChI=1S/C11H6ClFN2O3/c12-8-2-1-6(5-9(8)13)18-10-7(11(16)17)3-4-14-15-10/h1-5H,(H,16,17). The number of carbonyl (C=O) groups is 1. The van der Waals surface area contributed by atoms with Crippen LogP contribution in [0.3, 0.4) is 0 Å². The molecule has 5 nitrogen and oxygen atoms in total. The maximum Gasteiger partial charge on any atom is 0.341 e. The summed E-state index contributed by atoms with van der Waals surface area (Å²) in [6.07, 6.45) is 1.22. The molecule has 0 bridgehead atoms. The van der Waals surface area contributed by atoms with E-state index >= 15 is 0 Å². The maximum absolute atomic E-state index is 13.2. The molecule has 0 amide bonds. The van der Waals surface area contributed by atoms with Gasteiger partial charge in [-0.25, -0.2) is 9.18 Å². The largest absolute Gasteiger partial charge is 0.477 e. The molecular formula is C11H6ClFN2O3. The minimum atomic E-state index is -1.21. The average Bonchev–Trinajstić information content (AvgIpc) is 2.34. The zero-order valence-corrected chi connectivity index (χ0v) is 9.56. The van der Waals surface area contributed by atoms with Crippen LogP contribution in [-0.4, -0.2) is 21.3 Å². The normalized spacial score (nSPS) is 10.1. The number of hydrogen-bond donors (Lipinski definition) is 1. The second-order valence-electron chi connectivity index (χ2n) is 3.23. The third-order valence-electron chi connectivity index (χ3n) is 2.02. The predicted octanol–water partition coefficient (Wildman–Crippen LogP) is 2.76. The summed E-state index contributed by atoms with van der Waals surface area (Å²) in [5.41, 5.74) is -0.166. The number of carboxylic acids is 1. The molecule has 1 heterocycles. The first kappa shape index (κ1) is 12.3. The van der Waals surface area contributed by atoms with Gasteiger partial charge in [0.1, 0.15) is 17.1 Å². The van der Waals surface area contributed by atoms with Crippen LogP contribution in [0.4, 0.5) is 4.39 Å². The van der Waals surface area contributed by atoms with Gasteiger partial charge < -0.3 is 9.84 Å². The van der Waals surface area contributed by atoms with E-state index in [1.807, 2.05) is 0 Å². The Bertz CT molecular complexity index is 607. The van der Waals surface area contributed by atoms with Crippen molar-refractivity contribution >= 4 is 17.6 Å². The lowest BCUT2D eigenvalue weighted by Crippen LogP contribution is -2.02. The lowest BCUT2D eigenvalue weighted by Gasteiger charge is -2.06. The fourth-order valence-electron chi connectivity index (χ4n) is 1.21. The first-order valence-electron chi connectivity index (χ1n) is 4.76. The summed E-state index contributed by atoms with van der Waals surface area (Å²) < 4.78 is 18.3. The van der Waals surface area contributed by atoms with E-state index in [4.69, 9.17) is 21.4 Å². The Kier molecular flexibility index (Phi) is 3.38. The van der Waals surface area contributed by atoms with Gasteiger partial charge in [-0.15, -0.1) is 5.10 Å². The highest BCUT2D eigenvalue weighted by molar-refractivity contribution is 6.30. The average molecular weight is 269 g/mol. The Balaban J connectivity index is 2.34. The SMILES string of the molecule is O=C(O)c1ccnnc1Oc1ccc(Cl)c(F)c1. The van der Waals surface area contributed by atoms with Gasteiger partial charge in [-0.05, 0) is 18.2 Å². The highest BCUT2D eigenvalue weighted by atomic mass is 35.5. The van der Waals surface area contributed by atoms with Gasteiger partial charge in [0, 0.05) is 6.07 Å². The molecule has 1 N–H and O–H groups in total. The zero-order chi connectivity index (χ0) is 13.1. The highest BCUT2D eigenvalue weighted by Crippen LogP contribution is 2.25. The number of aromatic carboxylic acids is 1. The predicted molar refractivity (Wildman–Crippen MR) is 60.5 cm³/mol. The summed E-state index contributed by atoms with van der Waals surface area (Å²) in [5, 5.41) is 15.9. The fraction of sp³-hybridized carbons (Fsp3) is 0. The minimum Gasteiger partial charge on any atom is -0.477 e. The van der Waals surface area contributed by atoms with E-state index in [0.29, 0.717) is 0 Å². The Hall–Kier alpha value is -2.21. The Morgan fingerprint density at radius 1 is 1.39 bits per heavy atom. The molecule has 2 rings (SSSR count). The van der Waals surface area contributed by atoms with Gasteiger partial charge in [-0.2, -0.15) is 5.10 Å². The Morgan fingerprint density at radius 3 is 2.83 bits per heavy atom. The monoisotopic (exact) mass is 268 g/mol. The molecule has 0 unspecified atom stereocenters. The van der Waals surface area contributed by atoms with Gasteiger partial charge in [0.25, 0.3) is 5.88 Å². The third kappa shape index (κ3) is 2.54. The van der Waals surface area contributed by atoms with Crippen molar-refractivity contribution in [2.24, 2.45) is 0 Å². The van der Waals surface area contributed by atoms with Crippen LogP contribution < -0.4 is 4.74 Å². The first-order valence-corrected chi connectivity index (χ1v) is 5.13. The van der Waals surface area contributed by atoms with E-state index in [0.717, 1.165) is 6.07 Å². The maximum atomic E-state index is 13.2. The summed E-state index contributed by atoms with van der Waals surface area (Å²) in [5.74, 6) is -2.02. The van der Waals surface area contributed by atoms with Gasteiger partial charge in [0.2, 0.25) is 0 Å². The first-order chi connectivity index (χ1) is 8.58. The Labute approximate surface area is 106 Å². The number of rotatable bonds is 3. The summed E-state index contributed by atoms with van der Waals surface area (Å²) >= 11 is 5.51. The molecule has 0 radical (unpaired) electrons. The van der Waals surface area contributed by atoms with Crippen LogP contribution in [0, 0.1) is 5.82 Å². The molecule has 0 atom stereocenters. The van der Waals surface area contributed by atoms with Crippen LogP contribution in [0.15, 0.2) is 30.5 Å². The van der Waals surface area contributed by atoms with E-state index in [-0.39, 0.29) is 22.2 Å². The van der Waals surface area contributed by atoms with E-state index in [9.17, 15) is 9.18 Å². The van der Waals surface area contributed by atoms with Crippen LogP contribution in [-0.2, 0) is 0 Å². The molecule has 92 valence electrons. The summed E-state index contributed by atoms with van der Waals surface area (Å²) in [4.78, 5) is 10.9. The van der Waals surface area contributed by atoms with E-state index in [2.05, 4.69) is 10.2 Å². The molecule has 1 aromatic heterocycles. The number of nitrogens with zero attached hydrogens (tertiary/aromatic N) is 2. The Morgan fingerprint density at radius 2 is 2.17 bits per heavy atom. The van der Waals surface area contributed by atoms with Gasteiger partial charge in [-0.1, -0.05) is 11.6 Å².